The minimum atomic E-state index is -0.792. The zero-order valence-corrected chi connectivity index (χ0v) is 13.2. The van der Waals surface area contributed by atoms with Crippen LogP contribution in [-0.2, 0) is 16.1 Å². The van der Waals surface area contributed by atoms with Gasteiger partial charge in [0.25, 0.3) is 0 Å². The van der Waals surface area contributed by atoms with Gasteiger partial charge in [-0.05, 0) is 43.9 Å². The normalized spacial score (nSPS) is 22.1. The number of rotatable bonds is 5. The summed E-state index contributed by atoms with van der Waals surface area (Å²) in [5.41, 5.74) is 0.984. The van der Waals surface area contributed by atoms with Gasteiger partial charge in [-0.2, -0.15) is 0 Å². The molecule has 0 spiro atoms. The van der Waals surface area contributed by atoms with Gasteiger partial charge in [-0.15, -0.1) is 0 Å². The summed E-state index contributed by atoms with van der Waals surface area (Å²) in [5.74, 6) is 0.132. The van der Waals surface area contributed by atoms with Gasteiger partial charge in [0.1, 0.15) is 0 Å². The Bertz CT molecular complexity index is 615. The molecule has 1 aromatic rings. The molecule has 1 aromatic carbocycles. The van der Waals surface area contributed by atoms with E-state index in [1.54, 1.807) is 4.90 Å². The Balaban J connectivity index is 1.65. The molecule has 6 heteroatoms. The van der Waals surface area contributed by atoms with Crippen LogP contribution in [0.5, 0.6) is 11.5 Å². The van der Waals surface area contributed by atoms with E-state index in [-0.39, 0.29) is 24.5 Å². The van der Waals surface area contributed by atoms with Crippen LogP contribution in [0.2, 0.25) is 0 Å². The van der Waals surface area contributed by atoms with Gasteiger partial charge in [0.2, 0.25) is 12.7 Å². The largest absolute Gasteiger partial charge is 0.481 e. The maximum absolute atomic E-state index is 12.7. The zero-order chi connectivity index (χ0) is 16.4. The van der Waals surface area contributed by atoms with Gasteiger partial charge >= 0.3 is 5.97 Å². The maximum Gasteiger partial charge on any atom is 0.306 e. The highest BCUT2D eigenvalue weighted by Gasteiger charge is 2.35. The number of amides is 1. The number of fused-ring (bicyclic) bond motifs is 1. The highest BCUT2D eigenvalue weighted by Crippen LogP contribution is 2.34. The number of hydrogen-bond donors (Lipinski definition) is 1. The lowest BCUT2D eigenvalue weighted by molar-refractivity contribution is -0.141. The molecular formula is C17H21NO5. The smallest absolute Gasteiger partial charge is 0.306 e. The third-order valence-corrected chi connectivity index (χ3v) is 4.63. The highest BCUT2D eigenvalue weighted by molar-refractivity contribution is 5.81. The molecule has 1 aliphatic carbocycles. The Kier molecular flexibility index (Phi) is 4.41. The Morgan fingerprint density at radius 2 is 1.96 bits per heavy atom. The van der Waals surface area contributed by atoms with E-state index in [2.05, 4.69) is 0 Å². The first-order valence-electron chi connectivity index (χ1n) is 7.98. The van der Waals surface area contributed by atoms with Gasteiger partial charge in [0, 0.05) is 19.0 Å². The van der Waals surface area contributed by atoms with E-state index < -0.39 is 5.97 Å². The van der Waals surface area contributed by atoms with E-state index in [9.17, 15) is 9.59 Å². The average molecular weight is 319 g/mol. The first-order chi connectivity index (χ1) is 11.1. The van der Waals surface area contributed by atoms with Crippen LogP contribution in [-0.4, -0.2) is 35.2 Å². The molecule has 2 atom stereocenters. The number of aliphatic carboxylic acids is 1. The van der Waals surface area contributed by atoms with Crippen LogP contribution < -0.4 is 9.47 Å². The van der Waals surface area contributed by atoms with Crippen molar-refractivity contribution < 1.29 is 24.2 Å². The van der Waals surface area contributed by atoms with Crippen molar-refractivity contribution in [1.82, 2.24) is 4.90 Å². The van der Waals surface area contributed by atoms with Crippen LogP contribution in [0.15, 0.2) is 18.2 Å². The lowest BCUT2D eigenvalue weighted by Crippen LogP contribution is -2.35. The summed E-state index contributed by atoms with van der Waals surface area (Å²) in [5, 5.41) is 9.08. The van der Waals surface area contributed by atoms with Crippen LogP contribution in [0.25, 0.3) is 0 Å². The van der Waals surface area contributed by atoms with Crippen LogP contribution in [0.1, 0.15) is 31.7 Å². The number of carboxylic acid groups (broad SMARTS) is 1. The van der Waals surface area contributed by atoms with E-state index in [1.165, 1.54) is 0 Å². The summed E-state index contributed by atoms with van der Waals surface area (Å²) in [6.45, 7) is 3.27. The molecule has 1 heterocycles. The van der Waals surface area contributed by atoms with Gasteiger partial charge in [0.15, 0.2) is 11.5 Å². The molecule has 0 saturated heterocycles. The summed E-state index contributed by atoms with van der Waals surface area (Å²) < 4.78 is 10.7. The zero-order valence-electron chi connectivity index (χ0n) is 13.2. The summed E-state index contributed by atoms with van der Waals surface area (Å²) in [6, 6.07) is 5.68. The Morgan fingerprint density at radius 1 is 1.22 bits per heavy atom. The fourth-order valence-corrected chi connectivity index (χ4v) is 3.29. The van der Waals surface area contributed by atoms with E-state index in [0.717, 1.165) is 11.3 Å². The second-order valence-corrected chi connectivity index (χ2v) is 6.09. The average Bonchev–Trinajstić information content (AvgIpc) is 3.20. The fraction of sp³-hybridized carbons (Fsp3) is 0.529. The summed E-state index contributed by atoms with van der Waals surface area (Å²) in [4.78, 5) is 25.5. The molecule has 23 heavy (non-hydrogen) atoms. The minimum Gasteiger partial charge on any atom is -0.481 e. The van der Waals surface area contributed by atoms with E-state index >= 15 is 0 Å². The monoisotopic (exact) mass is 319 g/mol. The molecule has 1 aliphatic heterocycles. The summed E-state index contributed by atoms with van der Waals surface area (Å²) in [7, 11) is 0. The number of benzene rings is 1. The SMILES string of the molecule is CCN(Cc1ccc2c(c1)OCO2)C(=O)[C@@H]1CC[C@H](C(=O)O)C1. The fourth-order valence-electron chi connectivity index (χ4n) is 3.29. The second-order valence-electron chi connectivity index (χ2n) is 6.09. The number of ether oxygens (including phenoxy) is 2. The molecule has 0 bridgehead atoms. The van der Waals surface area contributed by atoms with Crippen LogP contribution in [0.3, 0.4) is 0 Å². The van der Waals surface area contributed by atoms with E-state index in [0.29, 0.717) is 38.1 Å². The molecule has 1 amide bonds. The van der Waals surface area contributed by atoms with Crippen molar-refractivity contribution in [3.05, 3.63) is 23.8 Å². The van der Waals surface area contributed by atoms with Crippen LogP contribution in [0, 0.1) is 11.8 Å². The number of carbonyl (C=O) groups excluding carboxylic acids is 1. The van der Waals surface area contributed by atoms with Crippen molar-refractivity contribution in [1.29, 1.82) is 0 Å². The Labute approximate surface area is 135 Å². The third kappa shape index (κ3) is 3.25. The Morgan fingerprint density at radius 3 is 2.65 bits per heavy atom. The summed E-state index contributed by atoms with van der Waals surface area (Å²) >= 11 is 0. The first-order valence-corrected chi connectivity index (χ1v) is 7.98. The van der Waals surface area contributed by atoms with Crippen molar-refractivity contribution in [2.24, 2.45) is 11.8 Å². The molecule has 3 rings (SSSR count). The van der Waals surface area contributed by atoms with Crippen molar-refractivity contribution in [3.63, 3.8) is 0 Å². The molecule has 0 aromatic heterocycles. The quantitative estimate of drug-likeness (QED) is 0.901. The molecule has 1 saturated carbocycles. The minimum absolute atomic E-state index is 0.0499. The lowest BCUT2D eigenvalue weighted by Gasteiger charge is -2.24. The van der Waals surface area contributed by atoms with Crippen LogP contribution >= 0.6 is 0 Å². The standard InChI is InChI=1S/C17H21NO5/c1-2-18(16(19)12-4-5-13(8-12)17(20)21)9-11-3-6-14-15(7-11)23-10-22-14/h3,6-7,12-13H,2,4-5,8-10H2,1H3,(H,20,21)/t12-,13+/m1/s1. The van der Waals surface area contributed by atoms with E-state index in [4.69, 9.17) is 14.6 Å². The first kappa shape index (κ1) is 15.6. The van der Waals surface area contributed by atoms with Gasteiger partial charge in [0.05, 0.1) is 5.92 Å². The molecule has 124 valence electrons. The predicted octanol–water partition coefficient (Wildman–Crippen LogP) is 2.26. The number of hydrogen-bond acceptors (Lipinski definition) is 4. The van der Waals surface area contributed by atoms with Crippen molar-refractivity contribution in [3.8, 4) is 11.5 Å². The lowest BCUT2D eigenvalue weighted by atomic mass is 10.0. The highest BCUT2D eigenvalue weighted by atomic mass is 16.7. The second kappa shape index (κ2) is 6.48. The van der Waals surface area contributed by atoms with Gasteiger partial charge < -0.3 is 19.5 Å². The van der Waals surface area contributed by atoms with Crippen molar-refractivity contribution >= 4 is 11.9 Å². The van der Waals surface area contributed by atoms with Gasteiger partial charge in [-0.1, -0.05) is 6.07 Å². The molecule has 0 radical (unpaired) electrons. The number of carbonyl (C=O) groups is 2. The maximum atomic E-state index is 12.7. The van der Waals surface area contributed by atoms with Gasteiger partial charge in [-0.25, -0.2) is 0 Å². The van der Waals surface area contributed by atoms with Crippen LogP contribution in [0.4, 0.5) is 0 Å². The van der Waals surface area contributed by atoms with Gasteiger partial charge in [-0.3, -0.25) is 9.59 Å². The number of carboxylic acids is 1. The molecule has 1 fully saturated rings. The molecule has 0 unspecified atom stereocenters. The van der Waals surface area contributed by atoms with E-state index in [1.807, 2.05) is 25.1 Å². The van der Waals surface area contributed by atoms with Crippen molar-refractivity contribution in [2.75, 3.05) is 13.3 Å². The Hall–Kier alpha value is -2.24. The molecule has 2 aliphatic rings. The molecule has 6 nitrogen and oxygen atoms in total. The molecular weight excluding hydrogens is 298 g/mol. The van der Waals surface area contributed by atoms with Crippen molar-refractivity contribution in [2.45, 2.75) is 32.7 Å². The topological polar surface area (TPSA) is 76.1 Å². The predicted molar refractivity (Wildman–Crippen MR) is 82.1 cm³/mol. The molecule has 1 N–H and O–H groups in total. The summed E-state index contributed by atoms with van der Waals surface area (Å²) in [6.07, 6.45) is 1.70. The number of nitrogens with zero attached hydrogens (tertiary/aromatic N) is 1. The third-order valence-electron chi connectivity index (χ3n) is 4.63.